The molecule has 1 aromatic heterocycles. The third-order valence-electron chi connectivity index (χ3n) is 6.62. The number of nitrogens with zero attached hydrogens (tertiary/aromatic N) is 2. The molecule has 6 rings (SSSR count). The van der Waals surface area contributed by atoms with E-state index in [1.807, 2.05) is 41.9 Å². The second-order valence-electron chi connectivity index (χ2n) is 8.71. The van der Waals surface area contributed by atoms with Gasteiger partial charge in [-0.25, -0.2) is 4.98 Å². The van der Waals surface area contributed by atoms with Gasteiger partial charge in [-0.1, -0.05) is 12.1 Å². The smallest absolute Gasteiger partial charge is 0.232 e. The number of rotatable bonds is 5. The molecule has 2 aromatic rings. The van der Waals surface area contributed by atoms with E-state index in [9.17, 15) is 4.79 Å². The van der Waals surface area contributed by atoms with Crippen LogP contribution in [0.3, 0.4) is 0 Å². The zero-order valence-corrected chi connectivity index (χ0v) is 17.0. The Morgan fingerprint density at radius 2 is 1.85 bits per heavy atom. The van der Waals surface area contributed by atoms with Gasteiger partial charge >= 0.3 is 0 Å². The summed E-state index contributed by atoms with van der Waals surface area (Å²) in [6, 6.07) is 8.20. The second kappa shape index (κ2) is 6.52. The van der Waals surface area contributed by atoms with Gasteiger partial charge in [0.2, 0.25) is 5.91 Å². The Morgan fingerprint density at radius 1 is 1.19 bits per heavy atom. The quantitative estimate of drug-likeness (QED) is 0.728. The number of carbonyl (C=O) groups excluding carboxylic acids is 1. The largest absolute Gasteiger partial charge is 0.338 e. The van der Waals surface area contributed by atoms with Crippen molar-refractivity contribution in [1.29, 1.82) is 0 Å². The number of para-hydroxylation sites is 1. The molecule has 1 heterocycles. The van der Waals surface area contributed by atoms with E-state index < -0.39 is 0 Å². The molecular formula is C21H26N2OS2. The summed E-state index contributed by atoms with van der Waals surface area (Å²) in [5.41, 5.74) is 1.04. The van der Waals surface area contributed by atoms with E-state index >= 15 is 0 Å². The molecule has 0 unspecified atom stereocenters. The average molecular weight is 387 g/mol. The molecule has 0 spiro atoms. The number of fused-ring (bicyclic) bond motifs is 1. The Balaban J connectivity index is 1.20. The van der Waals surface area contributed by atoms with Crippen LogP contribution in [-0.2, 0) is 11.3 Å². The number of aromatic nitrogens is 1. The van der Waals surface area contributed by atoms with Crippen LogP contribution in [0.25, 0.3) is 10.2 Å². The Hall–Kier alpha value is -1.07. The Morgan fingerprint density at radius 3 is 2.50 bits per heavy atom. The fourth-order valence-corrected chi connectivity index (χ4v) is 8.54. The van der Waals surface area contributed by atoms with Crippen LogP contribution in [0.5, 0.6) is 0 Å². The summed E-state index contributed by atoms with van der Waals surface area (Å²) in [6.07, 6.45) is 8.47. The minimum absolute atomic E-state index is 0.255. The molecule has 0 N–H and O–H groups in total. The summed E-state index contributed by atoms with van der Waals surface area (Å²) in [4.78, 5) is 19.3. The Bertz CT molecular complexity index is 762. The van der Waals surface area contributed by atoms with Crippen LogP contribution in [0.1, 0.15) is 43.5 Å². The van der Waals surface area contributed by atoms with Crippen LogP contribution in [0.2, 0.25) is 0 Å². The predicted octanol–water partition coefficient (Wildman–Crippen LogP) is 4.96. The molecule has 0 atom stereocenters. The molecule has 3 nitrogen and oxygen atoms in total. The topological polar surface area (TPSA) is 33.2 Å². The highest BCUT2D eigenvalue weighted by Gasteiger charge is 2.51. The molecular weight excluding hydrogens is 360 g/mol. The van der Waals surface area contributed by atoms with Crippen LogP contribution in [-0.4, -0.2) is 33.3 Å². The van der Waals surface area contributed by atoms with Crippen molar-refractivity contribution in [2.75, 3.05) is 12.8 Å². The Labute approximate surface area is 163 Å². The lowest BCUT2D eigenvalue weighted by atomic mass is 9.56. The van der Waals surface area contributed by atoms with Crippen molar-refractivity contribution < 1.29 is 4.79 Å². The van der Waals surface area contributed by atoms with E-state index in [2.05, 4.69) is 11.1 Å². The van der Waals surface area contributed by atoms with Crippen molar-refractivity contribution in [2.24, 2.45) is 17.8 Å². The van der Waals surface area contributed by atoms with Gasteiger partial charge in [-0.15, -0.1) is 23.1 Å². The van der Waals surface area contributed by atoms with Crippen LogP contribution >= 0.6 is 23.1 Å². The van der Waals surface area contributed by atoms with Gasteiger partial charge in [0, 0.05) is 11.8 Å². The second-order valence-corrected chi connectivity index (χ2v) is 11.3. The molecule has 4 fully saturated rings. The first-order chi connectivity index (χ1) is 12.6. The first-order valence-corrected chi connectivity index (χ1v) is 11.6. The third kappa shape index (κ3) is 3.18. The fraction of sp³-hybridized carbons (Fsp3) is 0.619. The van der Waals surface area contributed by atoms with E-state index in [4.69, 9.17) is 0 Å². The Kier molecular flexibility index (Phi) is 4.28. The SMILES string of the molecule is CN(Cc1nc2ccccc2s1)C(=O)CSC12CC3CC(CC(C3)C1)C2. The van der Waals surface area contributed by atoms with Crippen molar-refractivity contribution in [3.05, 3.63) is 29.3 Å². The molecule has 1 amide bonds. The first kappa shape index (κ1) is 17.1. The van der Waals surface area contributed by atoms with Gasteiger partial charge in [0.25, 0.3) is 0 Å². The summed E-state index contributed by atoms with van der Waals surface area (Å²) in [7, 11) is 1.93. The van der Waals surface area contributed by atoms with Crippen molar-refractivity contribution in [1.82, 2.24) is 9.88 Å². The number of carbonyl (C=O) groups is 1. The number of hydrogen-bond acceptors (Lipinski definition) is 4. The van der Waals surface area contributed by atoms with Gasteiger partial charge in [-0.2, -0.15) is 0 Å². The maximum Gasteiger partial charge on any atom is 0.232 e. The van der Waals surface area contributed by atoms with Crippen LogP contribution in [0.15, 0.2) is 24.3 Å². The van der Waals surface area contributed by atoms with E-state index in [1.54, 1.807) is 11.3 Å². The molecule has 0 saturated heterocycles. The predicted molar refractivity (Wildman–Crippen MR) is 109 cm³/mol. The maximum absolute atomic E-state index is 12.7. The number of benzene rings is 1. The lowest BCUT2D eigenvalue weighted by molar-refractivity contribution is -0.127. The monoisotopic (exact) mass is 386 g/mol. The zero-order valence-electron chi connectivity index (χ0n) is 15.3. The first-order valence-electron chi connectivity index (χ1n) is 9.81. The average Bonchev–Trinajstić information content (AvgIpc) is 3.00. The molecule has 5 heteroatoms. The van der Waals surface area contributed by atoms with Crippen molar-refractivity contribution in [3.8, 4) is 0 Å². The van der Waals surface area contributed by atoms with Crippen LogP contribution in [0.4, 0.5) is 0 Å². The third-order valence-corrected chi connectivity index (χ3v) is 9.15. The van der Waals surface area contributed by atoms with E-state index in [1.165, 1.54) is 43.2 Å². The molecule has 26 heavy (non-hydrogen) atoms. The highest BCUT2D eigenvalue weighted by molar-refractivity contribution is 8.01. The van der Waals surface area contributed by atoms with Gasteiger partial charge < -0.3 is 4.90 Å². The standard InChI is InChI=1S/C21H26N2OS2/c1-23(12-19-22-17-4-2-3-5-18(17)26-19)20(24)13-25-21-9-14-6-15(10-21)8-16(7-14)11-21/h2-5,14-16H,6-13H2,1H3. The summed E-state index contributed by atoms with van der Waals surface area (Å²) < 4.78 is 1.62. The highest BCUT2D eigenvalue weighted by Crippen LogP contribution is 2.60. The summed E-state index contributed by atoms with van der Waals surface area (Å²) in [5, 5.41) is 1.03. The lowest BCUT2D eigenvalue weighted by Crippen LogP contribution is -2.49. The minimum Gasteiger partial charge on any atom is -0.338 e. The van der Waals surface area contributed by atoms with E-state index in [0.29, 0.717) is 17.0 Å². The van der Waals surface area contributed by atoms with Gasteiger partial charge in [-0.05, 0) is 68.4 Å². The molecule has 0 aliphatic heterocycles. The molecule has 4 saturated carbocycles. The lowest BCUT2D eigenvalue weighted by Gasteiger charge is -2.56. The van der Waals surface area contributed by atoms with Gasteiger partial charge in [0.15, 0.2) is 0 Å². The molecule has 1 aromatic carbocycles. The van der Waals surface area contributed by atoms with Crippen molar-refractivity contribution in [2.45, 2.75) is 49.8 Å². The molecule has 4 bridgehead atoms. The number of thioether (sulfide) groups is 1. The van der Waals surface area contributed by atoms with Crippen LogP contribution in [0, 0.1) is 17.8 Å². The molecule has 4 aliphatic carbocycles. The van der Waals surface area contributed by atoms with Crippen molar-refractivity contribution in [3.63, 3.8) is 0 Å². The van der Waals surface area contributed by atoms with Crippen molar-refractivity contribution >= 4 is 39.2 Å². The summed E-state index contributed by atoms with van der Waals surface area (Å²) in [6.45, 7) is 0.625. The summed E-state index contributed by atoms with van der Waals surface area (Å²) in [5.74, 6) is 3.73. The minimum atomic E-state index is 0.255. The zero-order chi connectivity index (χ0) is 17.7. The fourth-order valence-electron chi connectivity index (χ4n) is 5.81. The van der Waals surface area contributed by atoms with Gasteiger partial charge in [-0.3, -0.25) is 4.79 Å². The number of hydrogen-bond donors (Lipinski definition) is 0. The van der Waals surface area contributed by atoms with Crippen LogP contribution < -0.4 is 0 Å². The molecule has 138 valence electrons. The van der Waals surface area contributed by atoms with Gasteiger partial charge in [0.1, 0.15) is 5.01 Å². The van der Waals surface area contributed by atoms with Gasteiger partial charge in [0.05, 0.1) is 22.5 Å². The number of amides is 1. The normalized spacial score (nSPS) is 32.3. The number of thiazole rings is 1. The van der Waals surface area contributed by atoms with E-state index in [-0.39, 0.29) is 5.91 Å². The maximum atomic E-state index is 12.7. The molecule has 4 aliphatic rings. The highest BCUT2D eigenvalue weighted by atomic mass is 32.2. The van der Waals surface area contributed by atoms with E-state index in [0.717, 1.165) is 28.3 Å². The molecule has 0 radical (unpaired) electrons. The summed E-state index contributed by atoms with van der Waals surface area (Å²) >= 11 is 3.67.